The fourth-order valence-corrected chi connectivity index (χ4v) is 2.89. The van der Waals surface area contributed by atoms with Crippen LogP contribution >= 0.6 is 0 Å². The summed E-state index contributed by atoms with van der Waals surface area (Å²) >= 11 is 0. The van der Waals surface area contributed by atoms with Crippen LogP contribution in [0.2, 0.25) is 0 Å². The standard InChI is InChI=1S/C16H22N2/c1-16(2,13-17)15-10-6-7-11-18(15)12-14-8-4-3-5-9-14/h3-5,8-9,15H,6-7,10-12H2,1-2H3. The zero-order chi connectivity index (χ0) is 13.0. The molecule has 0 radical (unpaired) electrons. The third kappa shape index (κ3) is 2.91. The highest BCUT2D eigenvalue weighted by atomic mass is 15.2. The van der Waals surface area contributed by atoms with E-state index in [-0.39, 0.29) is 5.41 Å². The average molecular weight is 242 g/mol. The molecule has 0 amide bonds. The van der Waals surface area contributed by atoms with Crippen molar-refractivity contribution in [2.24, 2.45) is 5.41 Å². The molecule has 0 spiro atoms. The van der Waals surface area contributed by atoms with E-state index in [9.17, 15) is 5.26 Å². The second-order valence-electron chi connectivity index (χ2n) is 5.80. The van der Waals surface area contributed by atoms with Crippen molar-refractivity contribution in [3.05, 3.63) is 35.9 Å². The van der Waals surface area contributed by atoms with Crippen LogP contribution in [0.3, 0.4) is 0 Å². The van der Waals surface area contributed by atoms with E-state index in [1.54, 1.807) is 0 Å². The minimum atomic E-state index is -0.255. The molecule has 1 unspecified atom stereocenters. The molecule has 1 aliphatic heterocycles. The van der Waals surface area contributed by atoms with Crippen LogP contribution in [0.1, 0.15) is 38.7 Å². The number of nitrogens with zero attached hydrogens (tertiary/aromatic N) is 2. The molecule has 1 saturated heterocycles. The zero-order valence-corrected chi connectivity index (χ0v) is 11.4. The number of piperidine rings is 1. The minimum Gasteiger partial charge on any atom is -0.295 e. The number of hydrogen-bond donors (Lipinski definition) is 0. The van der Waals surface area contributed by atoms with Crippen molar-refractivity contribution in [3.8, 4) is 6.07 Å². The molecule has 1 aromatic carbocycles. The van der Waals surface area contributed by atoms with Crippen LogP contribution in [-0.2, 0) is 6.54 Å². The first-order valence-electron chi connectivity index (χ1n) is 6.83. The van der Waals surface area contributed by atoms with Crippen LogP contribution in [-0.4, -0.2) is 17.5 Å². The van der Waals surface area contributed by atoms with E-state index in [0.717, 1.165) is 19.5 Å². The normalized spacial score (nSPS) is 21.5. The molecular weight excluding hydrogens is 220 g/mol. The summed E-state index contributed by atoms with van der Waals surface area (Å²) in [6.07, 6.45) is 3.65. The Morgan fingerprint density at radius 1 is 1.28 bits per heavy atom. The lowest BCUT2D eigenvalue weighted by Crippen LogP contribution is -2.47. The number of benzene rings is 1. The third-order valence-electron chi connectivity index (χ3n) is 3.96. The first-order valence-corrected chi connectivity index (χ1v) is 6.83. The maximum atomic E-state index is 9.35. The van der Waals surface area contributed by atoms with Gasteiger partial charge in [0, 0.05) is 12.6 Å². The van der Waals surface area contributed by atoms with Crippen molar-refractivity contribution < 1.29 is 0 Å². The molecule has 1 aliphatic rings. The van der Waals surface area contributed by atoms with Crippen molar-refractivity contribution in [1.82, 2.24) is 4.90 Å². The Hall–Kier alpha value is -1.33. The highest BCUT2D eigenvalue weighted by molar-refractivity contribution is 5.15. The van der Waals surface area contributed by atoms with Crippen molar-refractivity contribution >= 4 is 0 Å². The summed E-state index contributed by atoms with van der Waals surface area (Å²) in [7, 11) is 0. The number of rotatable bonds is 3. The molecule has 1 fully saturated rings. The SMILES string of the molecule is CC(C)(C#N)C1CCCCN1Cc1ccccc1. The number of hydrogen-bond acceptors (Lipinski definition) is 2. The first-order chi connectivity index (χ1) is 8.63. The predicted molar refractivity (Wildman–Crippen MR) is 73.9 cm³/mol. The summed E-state index contributed by atoms with van der Waals surface area (Å²) in [6.45, 7) is 6.23. The fourth-order valence-electron chi connectivity index (χ4n) is 2.89. The fraction of sp³-hybridized carbons (Fsp3) is 0.562. The summed E-state index contributed by atoms with van der Waals surface area (Å²) in [5, 5.41) is 9.35. The highest BCUT2D eigenvalue weighted by Gasteiger charge is 2.35. The number of nitriles is 1. The maximum Gasteiger partial charge on any atom is 0.0700 e. The Balaban J connectivity index is 2.12. The maximum absolute atomic E-state index is 9.35. The Morgan fingerprint density at radius 3 is 2.67 bits per heavy atom. The first kappa shape index (κ1) is 13.1. The quantitative estimate of drug-likeness (QED) is 0.810. The molecule has 2 rings (SSSR count). The lowest BCUT2D eigenvalue weighted by molar-refractivity contribution is 0.0756. The third-order valence-corrected chi connectivity index (χ3v) is 3.96. The lowest BCUT2D eigenvalue weighted by Gasteiger charge is -2.41. The second-order valence-corrected chi connectivity index (χ2v) is 5.80. The molecule has 2 nitrogen and oxygen atoms in total. The Morgan fingerprint density at radius 2 is 2.00 bits per heavy atom. The summed E-state index contributed by atoms with van der Waals surface area (Å²) in [6, 6.07) is 13.4. The highest BCUT2D eigenvalue weighted by Crippen LogP contribution is 2.32. The van der Waals surface area contributed by atoms with Gasteiger partial charge in [0.05, 0.1) is 11.5 Å². The van der Waals surface area contributed by atoms with E-state index >= 15 is 0 Å². The average Bonchev–Trinajstić information content (AvgIpc) is 2.40. The smallest absolute Gasteiger partial charge is 0.0700 e. The van der Waals surface area contributed by atoms with Crippen LogP contribution < -0.4 is 0 Å². The van der Waals surface area contributed by atoms with E-state index in [0.29, 0.717) is 6.04 Å². The zero-order valence-electron chi connectivity index (χ0n) is 11.4. The van der Waals surface area contributed by atoms with Gasteiger partial charge in [-0.1, -0.05) is 36.8 Å². The van der Waals surface area contributed by atoms with Crippen LogP contribution in [0.4, 0.5) is 0 Å². The van der Waals surface area contributed by atoms with Crippen LogP contribution in [0, 0.1) is 16.7 Å². The molecule has 0 aromatic heterocycles. The summed E-state index contributed by atoms with van der Waals surface area (Å²) < 4.78 is 0. The van der Waals surface area contributed by atoms with Gasteiger partial charge in [-0.3, -0.25) is 4.90 Å². The number of likely N-dealkylation sites (tertiary alicyclic amines) is 1. The molecule has 1 heterocycles. The lowest BCUT2D eigenvalue weighted by atomic mass is 9.80. The van der Waals surface area contributed by atoms with Crippen LogP contribution in [0.25, 0.3) is 0 Å². The molecule has 0 aliphatic carbocycles. The van der Waals surface area contributed by atoms with E-state index < -0.39 is 0 Å². The van der Waals surface area contributed by atoms with Crippen LogP contribution in [0.15, 0.2) is 30.3 Å². The molecule has 0 saturated carbocycles. The van der Waals surface area contributed by atoms with Crippen molar-refractivity contribution in [2.45, 2.75) is 45.7 Å². The van der Waals surface area contributed by atoms with Gasteiger partial charge in [0.2, 0.25) is 0 Å². The predicted octanol–water partition coefficient (Wildman–Crippen LogP) is 3.59. The molecule has 96 valence electrons. The molecule has 2 heteroatoms. The minimum absolute atomic E-state index is 0.255. The summed E-state index contributed by atoms with van der Waals surface area (Å²) in [5.74, 6) is 0. The van der Waals surface area contributed by atoms with Crippen molar-refractivity contribution in [1.29, 1.82) is 5.26 Å². The van der Waals surface area contributed by atoms with Gasteiger partial charge in [0.1, 0.15) is 0 Å². The molecule has 18 heavy (non-hydrogen) atoms. The Kier molecular flexibility index (Phi) is 4.04. The van der Waals surface area contributed by atoms with Gasteiger partial charge in [-0.2, -0.15) is 5.26 Å². The van der Waals surface area contributed by atoms with E-state index in [1.165, 1.54) is 18.4 Å². The van der Waals surface area contributed by atoms with Crippen molar-refractivity contribution in [2.75, 3.05) is 6.54 Å². The largest absolute Gasteiger partial charge is 0.295 e. The second kappa shape index (κ2) is 5.54. The Labute approximate surface area is 110 Å². The van der Waals surface area contributed by atoms with Gasteiger partial charge in [-0.25, -0.2) is 0 Å². The Bertz CT molecular complexity index is 416. The van der Waals surface area contributed by atoms with E-state index in [1.807, 2.05) is 0 Å². The van der Waals surface area contributed by atoms with E-state index in [2.05, 4.69) is 55.1 Å². The molecule has 1 atom stereocenters. The van der Waals surface area contributed by atoms with Gasteiger partial charge in [0.15, 0.2) is 0 Å². The molecule has 0 bridgehead atoms. The van der Waals surface area contributed by atoms with Gasteiger partial charge in [-0.05, 0) is 38.8 Å². The topological polar surface area (TPSA) is 27.0 Å². The van der Waals surface area contributed by atoms with Gasteiger partial charge in [0.25, 0.3) is 0 Å². The molecular formula is C16H22N2. The monoisotopic (exact) mass is 242 g/mol. The van der Waals surface area contributed by atoms with Gasteiger partial charge >= 0.3 is 0 Å². The van der Waals surface area contributed by atoms with Crippen molar-refractivity contribution in [3.63, 3.8) is 0 Å². The van der Waals surface area contributed by atoms with Crippen LogP contribution in [0.5, 0.6) is 0 Å². The molecule has 0 N–H and O–H groups in total. The summed E-state index contributed by atoms with van der Waals surface area (Å²) in [4.78, 5) is 2.49. The van der Waals surface area contributed by atoms with Gasteiger partial charge in [-0.15, -0.1) is 0 Å². The summed E-state index contributed by atoms with van der Waals surface area (Å²) in [5.41, 5.74) is 1.09. The van der Waals surface area contributed by atoms with Gasteiger partial charge < -0.3 is 0 Å². The molecule has 1 aromatic rings. The van der Waals surface area contributed by atoms with E-state index in [4.69, 9.17) is 0 Å².